The quantitative estimate of drug-likeness (QED) is 0.215. The highest BCUT2D eigenvalue weighted by Gasteiger charge is 2.26. The number of sulfonamides is 1. The lowest BCUT2D eigenvalue weighted by Gasteiger charge is -2.25. The average Bonchev–Trinajstić information content (AvgIpc) is 2.95. The molecule has 0 saturated heterocycles. The Labute approximate surface area is 268 Å². The summed E-state index contributed by atoms with van der Waals surface area (Å²) >= 11 is 6.28. The van der Waals surface area contributed by atoms with E-state index in [4.69, 9.17) is 25.8 Å². The lowest BCUT2D eigenvalue weighted by atomic mass is 10.1. The minimum Gasteiger partial charge on any atom is -0.464 e. The Morgan fingerprint density at radius 2 is 1.67 bits per heavy atom. The molecule has 0 saturated carbocycles. The number of hydrogen-bond acceptors (Lipinski definition) is 8. The topological polar surface area (TPSA) is 140 Å². The second-order valence-electron chi connectivity index (χ2n) is 11.0. The summed E-state index contributed by atoms with van der Waals surface area (Å²) in [6.45, 7) is 9.09. The van der Waals surface area contributed by atoms with Crippen LogP contribution in [-0.2, 0) is 30.8 Å². The van der Waals surface area contributed by atoms with Crippen LogP contribution in [0.5, 0.6) is 11.5 Å². The largest absolute Gasteiger partial charge is 0.464 e. The second kappa shape index (κ2) is 15.1. The Balaban J connectivity index is 1.88. The summed E-state index contributed by atoms with van der Waals surface area (Å²) in [5.74, 6) is -0.529. The summed E-state index contributed by atoms with van der Waals surface area (Å²) in [5.41, 5.74) is 0.695. The number of ether oxygens (including phenoxy) is 3. The number of halogens is 1. The number of carbonyl (C=O) groups is 3. The molecule has 242 valence electrons. The van der Waals surface area contributed by atoms with Gasteiger partial charge in [0.05, 0.1) is 24.2 Å². The number of amides is 2. The van der Waals surface area contributed by atoms with Crippen molar-refractivity contribution >= 4 is 51.0 Å². The van der Waals surface area contributed by atoms with Crippen molar-refractivity contribution in [2.75, 3.05) is 17.2 Å². The monoisotopic (exact) mass is 659 g/mol. The van der Waals surface area contributed by atoms with Gasteiger partial charge in [0.2, 0.25) is 10.0 Å². The first-order valence-electron chi connectivity index (χ1n) is 14.2. The number of nitrogens with one attached hydrogen (secondary N) is 2. The van der Waals surface area contributed by atoms with Crippen LogP contribution >= 0.6 is 11.6 Å². The van der Waals surface area contributed by atoms with Crippen molar-refractivity contribution in [1.82, 2.24) is 10.6 Å². The van der Waals surface area contributed by atoms with Gasteiger partial charge in [-0.1, -0.05) is 30.7 Å². The summed E-state index contributed by atoms with van der Waals surface area (Å²) < 4.78 is 43.7. The highest BCUT2D eigenvalue weighted by molar-refractivity contribution is 7.92. The van der Waals surface area contributed by atoms with Crippen LogP contribution in [0.15, 0.2) is 66.7 Å². The highest BCUT2D eigenvalue weighted by atomic mass is 35.5. The minimum absolute atomic E-state index is 0.146. The fraction of sp³-hybridized carbons (Fsp3) is 0.344. The Bertz CT molecular complexity index is 1620. The van der Waals surface area contributed by atoms with Crippen molar-refractivity contribution in [1.29, 1.82) is 0 Å². The molecule has 45 heavy (non-hydrogen) atoms. The molecular weight excluding hydrogens is 622 g/mol. The molecule has 1 unspecified atom stereocenters. The fourth-order valence-corrected chi connectivity index (χ4v) is 5.32. The Morgan fingerprint density at radius 3 is 2.27 bits per heavy atom. The number of anilines is 2. The van der Waals surface area contributed by atoms with E-state index >= 15 is 0 Å². The zero-order valence-electron chi connectivity index (χ0n) is 26.0. The van der Waals surface area contributed by atoms with Gasteiger partial charge in [-0.25, -0.2) is 22.3 Å². The number of nitrogens with zero attached hydrogens (tertiary/aromatic N) is 1. The zero-order valence-corrected chi connectivity index (χ0v) is 27.6. The van der Waals surface area contributed by atoms with E-state index in [0.29, 0.717) is 22.8 Å². The molecule has 0 heterocycles. The van der Waals surface area contributed by atoms with E-state index in [1.807, 2.05) is 0 Å². The SMILES string of the molecule is CCOC(=O)C(CC)NC(=O)c1ccc(N(c2ccc(Cl)cc2Oc2cccc(CNC(=O)OC(C)(C)C)c2)S(C)(=O)=O)cc1. The third-order valence-corrected chi connectivity index (χ3v) is 7.39. The van der Waals surface area contributed by atoms with Crippen LogP contribution in [0.25, 0.3) is 0 Å². The maximum absolute atomic E-state index is 13.1. The Kier molecular flexibility index (Phi) is 11.8. The molecule has 11 nitrogen and oxygen atoms in total. The van der Waals surface area contributed by atoms with E-state index in [1.165, 1.54) is 42.5 Å². The normalized spacial score (nSPS) is 12.1. The predicted octanol–water partition coefficient (Wildman–Crippen LogP) is 6.33. The first-order valence-corrected chi connectivity index (χ1v) is 16.4. The first-order chi connectivity index (χ1) is 21.1. The molecular formula is C32H38ClN3O8S. The van der Waals surface area contributed by atoms with Crippen LogP contribution in [0, 0.1) is 0 Å². The summed E-state index contributed by atoms with van der Waals surface area (Å²) in [7, 11) is -3.93. The van der Waals surface area contributed by atoms with Crippen molar-refractivity contribution in [3.8, 4) is 11.5 Å². The molecule has 0 aliphatic rings. The van der Waals surface area contributed by atoms with Gasteiger partial charge in [0.25, 0.3) is 5.91 Å². The molecule has 13 heteroatoms. The fourth-order valence-electron chi connectivity index (χ4n) is 4.14. The van der Waals surface area contributed by atoms with Crippen molar-refractivity contribution in [2.45, 2.75) is 59.2 Å². The molecule has 0 aromatic heterocycles. The van der Waals surface area contributed by atoms with Gasteiger partial charge < -0.3 is 24.8 Å². The molecule has 2 N–H and O–H groups in total. The van der Waals surface area contributed by atoms with Gasteiger partial charge in [-0.3, -0.25) is 4.79 Å². The number of rotatable bonds is 12. The van der Waals surface area contributed by atoms with Crippen LogP contribution in [0.2, 0.25) is 5.02 Å². The van der Waals surface area contributed by atoms with E-state index in [0.717, 1.165) is 10.6 Å². The molecule has 0 fully saturated rings. The van der Waals surface area contributed by atoms with Gasteiger partial charge in [-0.05, 0) is 88.2 Å². The number of hydrogen-bond donors (Lipinski definition) is 2. The van der Waals surface area contributed by atoms with Gasteiger partial charge in [-0.2, -0.15) is 0 Å². The third-order valence-electron chi connectivity index (χ3n) is 6.08. The van der Waals surface area contributed by atoms with Gasteiger partial charge in [0.1, 0.15) is 17.4 Å². The van der Waals surface area contributed by atoms with E-state index < -0.39 is 39.6 Å². The van der Waals surface area contributed by atoms with Gasteiger partial charge in [-0.15, -0.1) is 0 Å². The number of carbonyl (C=O) groups excluding carboxylic acids is 3. The summed E-state index contributed by atoms with van der Waals surface area (Å²) in [6, 6.07) is 16.5. The second-order valence-corrected chi connectivity index (χ2v) is 13.2. The minimum atomic E-state index is -3.93. The third kappa shape index (κ3) is 10.4. The van der Waals surface area contributed by atoms with Crippen molar-refractivity contribution in [3.63, 3.8) is 0 Å². The average molecular weight is 660 g/mol. The van der Waals surface area contributed by atoms with Crippen LogP contribution in [0.1, 0.15) is 57.0 Å². The lowest BCUT2D eigenvalue weighted by molar-refractivity contribution is -0.145. The zero-order chi connectivity index (χ0) is 33.4. The summed E-state index contributed by atoms with van der Waals surface area (Å²) in [5, 5.41) is 5.64. The molecule has 3 aromatic carbocycles. The molecule has 0 bridgehead atoms. The van der Waals surface area contributed by atoms with Crippen LogP contribution in [0.3, 0.4) is 0 Å². The number of benzene rings is 3. The molecule has 2 amide bonds. The first kappa shape index (κ1) is 35.2. The van der Waals surface area contributed by atoms with Crippen molar-refractivity contribution in [2.24, 2.45) is 0 Å². The van der Waals surface area contributed by atoms with Crippen LogP contribution in [-0.4, -0.2) is 50.9 Å². The van der Waals surface area contributed by atoms with E-state index in [1.54, 1.807) is 58.9 Å². The van der Waals surface area contributed by atoms with E-state index in [2.05, 4.69) is 10.6 Å². The van der Waals surface area contributed by atoms with Crippen molar-refractivity contribution < 1.29 is 37.0 Å². The van der Waals surface area contributed by atoms with E-state index in [-0.39, 0.29) is 35.8 Å². The highest BCUT2D eigenvalue weighted by Crippen LogP contribution is 2.40. The maximum Gasteiger partial charge on any atom is 0.407 e. The molecule has 0 aliphatic heterocycles. The number of esters is 1. The standard InChI is InChI=1S/C32H38ClN3O8S/c1-7-26(30(38)42-8-2)35-29(37)22-12-15-24(16-13-22)36(45(6,40)41)27-17-14-23(33)19-28(27)43-25-11-9-10-21(18-25)20-34-31(39)44-32(3,4)5/h9-19,26H,7-8,20H2,1-6H3,(H,34,39)(H,35,37). The Morgan fingerprint density at radius 1 is 0.978 bits per heavy atom. The molecule has 0 spiro atoms. The molecule has 3 aromatic rings. The van der Waals surface area contributed by atoms with Gasteiger partial charge >= 0.3 is 12.1 Å². The molecule has 0 radical (unpaired) electrons. The van der Waals surface area contributed by atoms with Crippen LogP contribution < -0.4 is 19.7 Å². The number of alkyl carbamates (subject to hydrolysis) is 1. The molecule has 3 rings (SSSR count). The maximum atomic E-state index is 13.1. The van der Waals surface area contributed by atoms with Gasteiger partial charge in [0.15, 0.2) is 5.75 Å². The lowest BCUT2D eigenvalue weighted by Crippen LogP contribution is -2.41. The van der Waals surface area contributed by atoms with E-state index in [9.17, 15) is 22.8 Å². The summed E-state index contributed by atoms with van der Waals surface area (Å²) in [6.07, 6.45) is 0.815. The summed E-state index contributed by atoms with van der Waals surface area (Å²) in [4.78, 5) is 37.0. The van der Waals surface area contributed by atoms with Crippen molar-refractivity contribution in [3.05, 3.63) is 82.9 Å². The smallest absolute Gasteiger partial charge is 0.407 e. The molecule has 1 atom stereocenters. The van der Waals surface area contributed by atoms with Crippen LogP contribution in [0.4, 0.5) is 16.2 Å². The Hall–Kier alpha value is -4.29. The predicted molar refractivity (Wildman–Crippen MR) is 173 cm³/mol. The van der Waals surface area contributed by atoms with Gasteiger partial charge in [0, 0.05) is 23.2 Å². The molecule has 0 aliphatic carbocycles.